The molecule has 0 saturated carbocycles. The number of halogens is 2. The summed E-state index contributed by atoms with van der Waals surface area (Å²) in [6.07, 6.45) is 5.05. The van der Waals surface area contributed by atoms with E-state index in [1.54, 1.807) is 42.6 Å². The maximum Gasteiger partial charge on any atom is 0.234 e. The second kappa shape index (κ2) is 8.59. The van der Waals surface area contributed by atoms with Crippen LogP contribution in [-0.2, 0) is 4.79 Å². The minimum absolute atomic E-state index is 0.129. The molecular formula is C17H13ClFN5OS. The molecule has 132 valence electrons. The number of hydrogen-bond donors (Lipinski definition) is 2. The van der Waals surface area contributed by atoms with Crippen molar-refractivity contribution in [2.45, 2.75) is 5.16 Å². The van der Waals surface area contributed by atoms with Gasteiger partial charge in [0.2, 0.25) is 11.1 Å². The molecule has 0 aliphatic rings. The number of pyridine rings is 1. The lowest BCUT2D eigenvalue weighted by Crippen LogP contribution is -2.14. The molecule has 0 unspecified atom stereocenters. The number of nitrogens with zero attached hydrogens (tertiary/aromatic N) is 3. The van der Waals surface area contributed by atoms with Gasteiger partial charge >= 0.3 is 0 Å². The van der Waals surface area contributed by atoms with Crippen molar-refractivity contribution >= 4 is 47.1 Å². The maximum atomic E-state index is 12.9. The van der Waals surface area contributed by atoms with Crippen molar-refractivity contribution in [3.8, 4) is 0 Å². The number of nitrogens with one attached hydrogen (secondary N) is 2. The third-order valence-corrected chi connectivity index (χ3v) is 4.30. The van der Waals surface area contributed by atoms with Crippen LogP contribution in [0.5, 0.6) is 0 Å². The average Bonchev–Trinajstić information content (AvgIpc) is 3.09. The lowest BCUT2D eigenvalue weighted by molar-refractivity contribution is -0.113. The number of H-pyrrole nitrogens is 1. The highest BCUT2D eigenvalue weighted by Crippen LogP contribution is 2.19. The number of benzene rings is 1. The molecule has 9 heteroatoms. The van der Waals surface area contributed by atoms with Crippen LogP contribution in [0.25, 0.3) is 12.2 Å². The molecule has 2 N–H and O–H groups in total. The predicted molar refractivity (Wildman–Crippen MR) is 100 cm³/mol. The molecule has 2 heterocycles. The van der Waals surface area contributed by atoms with Gasteiger partial charge in [-0.15, -0.1) is 5.10 Å². The van der Waals surface area contributed by atoms with E-state index in [1.807, 2.05) is 0 Å². The fourth-order valence-corrected chi connectivity index (χ4v) is 2.71. The maximum absolute atomic E-state index is 12.9. The van der Waals surface area contributed by atoms with Crippen LogP contribution in [0.1, 0.15) is 11.4 Å². The molecule has 3 aromatic rings. The first kappa shape index (κ1) is 18.1. The molecule has 0 spiro atoms. The molecule has 1 aromatic carbocycles. The van der Waals surface area contributed by atoms with Gasteiger partial charge in [0.1, 0.15) is 11.6 Å². The van der Waals surface area contributed by atoms with Crippen molar-refractivity contribution in [3.63, 3.8) is 0 Å². The van der Waals surface area contributed by atoms with E-state index in [4.69, 9.17) is 11.6 Å². The second-order valence-electron chi connectivity index (χ2n) is 5.07. The van der Waals surface area contributed by atoms with Crippen LogP contribution in [0.15, 0.2) is 47.8 Å². The summed E-state index contributed by atoms with van der Waals surface area (Å²) < 4.78 is 12.9. The van der Waals surface area contributed by atoms with Gasteiger partial charge < -0.3 is 5.32 Å². The molecule has 0 saturated heterocycles. The molecule has 6 nitrogen and oxygen atoms in total. The molecule has 3 rings (SSSR count). The largest absolute Gasteiger partial charge is 0.323 e. The smallest absolute Gasteiger partial charge is 0.234 e. The quantitative estimate of drug-likeness (QED) is 0.493. The molecule has 0 aliphatic carbocycles. The summed E-state index contributed by atoms with van der Waals surface area (Å²) >= 11 is 7.08. The molecule has 0 atom stereocenters. The number of rotatable bonds is 6. The number of carbonyl (C=O) groups is 1. The zero-order valence-electron chi connectivity index (χ0n) is 13.3. The van der Waals surface area contributed by atoms with Gasteiger partial charge in [-0.2, -0.15) is 0 Å². The van der Waals surface area contributed by atoms with Crippen molar-refractivity contribution in [1.82, 2.24) is 20.2 Å². The second-order valence-corrected chi connectivity index (χ2v) is 6.37. The highest BCUT2D eigenvalue weighted by Gasteiger charge is 2.09. The van der Waals surface area contributed by atoms with Crippen LogP contribution in [-0.4, -0.2) is 31.8 Å². The molecule has 0 aliphatic heterocycles. The van der Waals surface area contributed by atoms with Gasteiger partial charge in [-0.05, 0) is 35.9 Å². The highest BCUT2D eigenvalue weighted by atomic mass is 35.5. The van der Waals surface area contributed by atoms with Crippen molar-refractivity contribution < 1.29 is 9.18 Å². The first-order valence-electron chi connectivity index (χ1n) is 7.49. The van der Waals surface area contributed by atoms with E-state index in [-0.39, 0.29) is 22.6 Å². The molecule has 2 aromatic heterocycles. The number of carbonyl (C=O) groups excluding carboxylic acids is 1. The topological polar surface area (TPSA) is 83.6 Å². The Kier molecular flexibility index (Phi) is 5.98. The number of hydrogen-bond acceptors (Lipinski definition) is 5. The van der Waals surface area contributed by atoms with Crippen LogP contribution in [0.3, 0.4) is 0 Å². The van der Waals surface area contributed by atoms with Crippen molar-refractivity contribution in [1.29, 1.82) is 0 Å². The number of amides is 1. The van der Waals surface area contributed by atoms with E-state index in [0.29, 0.717) is 16.7 Å². The van der Waals surface area contributed by atoms with Crippen LogP contribution in [0.4, 0.5) is 10.1 Å². The Bertz CT molecular complexity index is 929. The number of aromatic nitrogens is 4. The van der Waals surface area contributed by atoms with Crippen LogP contribution < -0.4 is 5.32 Å². The van der Waals surface area contributed by atoms with E-state index < -0.39 is 0 Å². The van der Waals surface area contributed by atoms with Crippen LogP contribution in [0, 0.1) is 5.82 Å². The first-order chi connectivity index (χ1) is 12.6. The molecule has 0 radical (unpaired) electrons. The third-order valence-electron chi connectivity index (χ3n) is 3.15. The van der Waals surface area contributed by atoms with Crippen molar-refractivity contribution in [2.75, 3.05) is 11.1 Å². The number of anilines is 1. The number of thioether (sulfide) groups is 1. The summed E-state index contributed by atoms with van der Waals surface area (Å²) in [4.78, 5) is 20.1. The summed E-state index contributed by atoms with van der Waals surface area (Å²) in [7, 11) is 0. The van der Waals surface area contributed by atoms with Gasteiger partial charge in [-0.25, -0.2) is 14.4 Å². The van der Waals surface area contributed by atoms with E-state index in [9.17, 15) is 9.18 Å². The number of aromatic amines is 1. The monoisotopic (exact) mass is 389 g/mol. The zero-order valence-corrected chi connectivity index (χ0v) is 14.9. The molecular weight excluding hydrogens is 377 g/mol. The fourth-order valence-electron chi connectivity index (χ4n) is 1.94. The van der Waals surface area contributed by atoms with E-state index in [0.717, 1.165) is 5.56 Å². The zero-order chi connectivity index (χ0) is 18.4. The molecule has 0 bridgehead atoms. The Morgan fingerprint density at radius 1 is 1.27 bits per heavy atom. The third kappa shape index (κ3) is 5.14. The lowest BCUT2D eigenvalue weighted by atomic mass is 10.2. The Morgan fingerprint density at radius 3 is 2.85 bits per heavy atom. The van der Waals surface area contributed by atoms with Gasteiger partial charge in [-0.3, -0.25) is 9.89 Å². The summed E-state index contributed by atoms with van der Waals surface area (Å²) in [6.45, 7) is 0. The minimum Gasteiger partial charge on any atom is -0.323 e. The van der Waals surface area contributed by atoms with Gasteiger partial charge in [0, 0.05) is 6.20 Å². The first-order valence-corrected chi connectivity index (χ1v) is 8.86. The SMILES string of the molecule is O=C(CSc1n[nH]c(C=Cc2ccc(F)cc2)n1)Nc1cccnc1Cl. The summed E-state index contributed by atoms with van der Waals surface area (Å²) in [5.41, 5.74) is 1.29. The van der Waals surface area contributed by atoms with Crippen LogP contribution in [0.2, 0.25) is 5.15 Å². The van der Waals surface area contributed by atoms with Crippen molar-refractivity contribution in [2.24, 2.45) is 0 Å². The Balaban J connectivity index is 1.52. The Morgan fingerprint density at radius 2 is 2.08 bits per heavy atom. The standard InChI is InChI=1S/C17H13ClFN5OS/c18-16-13(2-1-9-20-16)21-15(25)10-26-17-22-14(23-24-17)8-5-11-3-6-12(19)7-4-11/h1-9H,10H2,(H,21,25)(H,22,23,24). The molecule has 26 heavy (non-hydrogen) atoms. The lowest BCUT2D eigenvalue weighted by Gasteiger charge is -2.04. The van der Waals surface area contributed by atoms with E-state index in [2.05, 4.69) is 25.5 Å². The van der Waals surface area contributed by atoms with Gasteiger partial charge in [-0.1, -0.05) is 41.6 Å². The van der Waals surface area contributed by atoms with E-state index >= 15 is 0 Å². The van der Waals surface area contributed by atoms with Gasteiger partial charge in [0.25, 0.3) is 0 Å². The highest BCUT2D eigenvalue weighted by molar-refractivity contribution is 7.99. The summed E-state index contributed by atoms with van der Waals surface area (Å²) in [6, 6.07) is 9.44. The average molecular weight is 390 g/mol. The minimum atomic E-state index is -0.286. The van der Waals surface area contributed by atoms with Crippen LogP contribution >= 0.6 is 23.4 Å². The van der Waals surface area contributed by atoms with E-state index in [1.165, 1.54) is 23.9 Å². The van der Waals surface area contributed by atoms with Gasteiger partial charge in [0.05, 0.1) is 11.4 Å². The molecule has 0 fully saturated rings. The molecule has 1 amide bonds. The van der Waals surface area contributed by atoms with Gasteiger partial charge in [0.15, 0.2) is 5.15 Å². The normalized spacial score (nSPS) is 11.0. The fraction of sp³-hybridized carbons (Fsp3) is 0.0588. The Labute approximate surface area is 157 Å². The Hall–Kier alpha value is -2.71. The summed E-state index contributed by atoms with van der Waals surface area (Å²) in [5.74, 6) is 0.140. The predicted octanol–water partition coefficient (Wildman–Crippen LogP) is 3.89. The summed E-state index contributed by atoms with van der Waals surface area (Å²) in [5, 5.41) is 10.1. The van der Waals surface area contributed by atoms with Crippen molar-refractivity contribution in [3.05, 3.63) is 65.0 Å².